The summed E-state index contributed by atoms with van der Waals surface area (Å²) in [6.07, 6.45) is 1.16. The van der Waals surface area contributed by atoms with Gasteiger partial charge < -0.3 is 4.90 Å². The fourth-order valence-electron chi connectivity index (χ4n) is 2.91. The molecule has 2 rings (SSSR count). The van der Waals surface area contributed by atoms with Crippen molar-refractivity contribution >= 4 is 18.2 Å². The topological polar surface area (TPSA) is 66.5 Å². The number of imide groups is 1. The van der Waals surface area contributed by atoms with E-state index in [0.29, 0.717) is 25.3 Å². The molecule has 1 aromatic rings. The number of rotatable bonds is 6. The van der Waals surface area contributed by atoms with Crippen molar-refractivity contribution in [3.8, 4) is 0 Å². The van der Waals surface area contributed by atoms with Gasteiger partial charge in [0, 0.05) is 24.6 Å². The summed E-state index contributed by atoms with van der Waals surface area (Å²) in [7, 11) is 0. The summed E-state index contributed by atoms with van der Waals surface area (Å²) >= 11 is 0. The lowest BCUT2D eigenvalue weighted by atomic mass is 9.95. The van der Waals surface area contributed by atoms with Gasteiger partial charge in [-0.15, -0.1) is 0 Å². The lowest BCUT2D eigenvalue weighted by molar-refractivity contribution is -0.125. The van der Waals surface area contributed by atoms with Gasteiger partial charge in [0.2, 0.25) is 12.3 Å². The van der Waals surface area contributed by atoms with Gasteiger partial charge in [-0.05, 0) is 36.5 Å². The van der Waals surface area contributed by atoms with Gasteiger partial charge in [-0.25, -0.2) is 0 Å². The normalized spacial score (nSPS) is 14.9. The Balaban J connectivity index is 2.09. The number of benzene rings is 1. The van der Waals surface area contributed by atoms with Crippen LogP contribution in [-0.4, -0.2) is 29.2 Å². The molecule has 1 aliphatic heterocycles. The van der Waals surface area contributed by atoms with E-state index in [9.17, 15) is 14.4 Å². The van der Waals surface area contributed by atoms with Gasteiger partial charge in [0.15, 0.2) is 0 Å². The molecule has 0 bridgehead atoms. The number of hydrogen-bond donors (Lipinski definition) is 1. The van der Waals surface area contributed by atoms with Crippen LogP contribution in [0.4, 0.5) is 0 Å². The zero-order valence-corrected chi connectivity index (χ0v) is 13.3. The number of amides is 3. The molecule has 1 aromatic carbocycles. The SMILES string of the molecule is CC(C)c1cccc2c1CN(C(C)CCC(=O)NC=O)C2=O. The third kappa shape index (κ3) is 3.18. The van der Waals surface area contributed by atoms with E-state index in [1.165, 1.54) is 5.56 Å². The van der Waals surface area contributed by atoms with Crippen LogP contribution in [0, 0.1) is 0 Å². The zero-order valence-electron chi connectivity index (χ0n) is 13.3. The van der Waals surface area contributed by atoms with E-state index in [1.807, 2.05) is 24.0 Å². The fraction of sp³-hybridized carbons (Fsp3) is 0.471. The molecule has 5 heteroatoms. The first kappa shape index (κ1) is 16.2. The largest absolute Gasteiger partial charge is 0.332 e. The third-order valence-electron chi connectivity index (χ3n) is 4.20. The maximum atomic E-state index is 12.6. The van der Waals surface area contributed by atoms with Gasteiger partial charge in [0.05, 0.1) is 0 Å². The molecule has 118 valence electrons. The van der Waals surface area contributed by atoms with E-state index in [2.05, 4.69) is 25.2 Å². The van der Waals surface area contributed by atoms with Crippen LogP contribution in [0.15, 0.2) is 18.2 Å². The predicted octanol–water partition coefficient (Wildman–Crippen LogP) is 2.21. The van der Waals surface area contributed by atoms with Crippen molar-refractivity contribution in [1.29, 1.82) is 0 Å². The van der Waals surface area contributed by atoms with E-state index in [4.69, 9.17) is 0 Å². The minimum absolute atomic E-state index is 0.0285. The summed E-state index contributed by atoms with van der Waals surface area (Å²) in [4.78, 5) is 35.9. The maximum Gasteiger partial charge on any atom is 0.254 e. The van der Waals surface area contributed by atoms with Crippen LogP contribution < -0.4 is 5.32 Å². The van der Waals surface area contributed by atoms with Crippen molar-refractivity contribution in [2.45, 2.75) is 52.1 Å². The average Bonchev–Trinajstić information content (AvgIpc) is 2.82. The zero-order chi connectivity index (χ0) is 16.3. The summed E-state index contributed by atoms with van der Waals surface area (Å²) in [6.45, 7) is 6.78. The molecule has 1 N–H and O–H groups in total. The maximum absolute atomic E-state index is 12.6. The lowest BCUT2D eigenvalue weighted by Crippen LogP contribution is -2.34. The van der Waals surface area contributed by atoms with Gasteiger partial charge in [-0.1, -0.05) is 26.0 Å². The first-order chi connectivity index (χ1) is 10.5. The van der Waals surface area contributed by atoms with Crippen LogP contribution in [0.5, 0.6) is 0 Å². The molecule has 1 unspecified atom stereocenters. The van der Waals surface area contributed by atoms with Crippen LogP contribution in [0.1, 0.15) is 61.0 Å². The molecule has 0 fully saturated rings. The van der Waals surface area contributed by atoms with Crippen molar-refractivity contribution in [2.24, 2.45) is 0 Å². The second-order valence-electron chi connectivity index (χ2n) is 6.03. The van der Waals surface area contributed by atoms with E-state index in [-0.39, 0.29) is 24.3 Å². The number of carbonyl (C=O) groups excluding carboxylic acids is 3. The van der Waals surface area contributed by atoms with Crippen molar-refractivity contribution in [2.75, 3.05) is 0 Å². The van der Waals surface area contributed by atoms with Crippen LogP contribution >= 0.6 is 0 Å². The highest BCUT2D eigenvalue weighted by Gasteiger charge is 2.32. The monoisotopic (exact) mass is 302 g/mol. The summed E-state index contributed by atoms with van der Waals surface area (Å²) in [5.41, 5.74) is 3.08. The Hall–Kier alpha value is -2.17. The molecule has 0 aromatic heterocycles. The minimum Gasteiger partial charge on any atom is -0.332 e. The van der Waals surface area contributed by atoms with Crippen molar-refractivity contribution in [3.63, 3.8) is 0 Å². The first-order valence-corrected chi connectivity index (χ1v) is 7.61. The summed E-state index contributed by atoms with van der Waals surface area (Å²) in [5.74, 6) is 0.0889. The number of carbonyl (C=O) groups is 3. The Kier molecular flexibility index (Phi) is 4.96. The van der Waals surface area contributed by atoms with Crippen LogP contribution in [-0.2, 0) is 16.1 Å². The molecule has 3 amide bonds. The molecule has 1 aliphatic rings. The molecule has 0 aliphatic carbocycles. The number of hydrogen-bond acceptors (Lipinski definition) is 3. The van der Waals surface area contributed by atoms with E-state index in [1.54, 1.807) is 0 Å². The standard InChI is InChI=1S/C17H22N2O3/c1-11(2)13-5-4-6-14-15(13)9-19(17(14)22)12(3)7-8-16(21)18-10-20/h4-6,10-12H,7-9H2,1-3H3,(H,18,20,21). The molecular formula is C17H22N2O3. The van der Waals surface area contributed by atoms with E-state index >= 15 is 0 Å². The van der Waals surface area contributed by atoms with Gasteiger partial charge in [-0.2, -0.15) is 0 Å². The van der Waals surface area contributed by atoms with Crippen molar-refractivity contribution < 1.29 is 14.4 Å². The van der Waals surface area contributed by atoms with Gasteiger partial charge in [0.25, 0.3) is 5.91 Å². The first-order valence-electron chi connectivity index (χ1n) is 7.61. The lowest BCUT2D eigenvalue weighted by Gasteiger charge is -2.24. The molecular weight excluding hydrogens is 280 g/mol. The number of nitrogens with one attached hydrogen (secondary N) is 1. The average molecular weight is 302 g/mol. The second kappa shape index (κ2) is 6.73. The Labute approximate surface area is 130 Å². The Bertz CT molecular complexity index is 596. The summed E-state index contributed by atoms with van der Waals surface area (Å²) < 4.78 is 0. The Morgan fingerprint density at radius 2 is 2.09 bits per heavy atom. The predicted molar refractivity (Wildman–Crippen MR) is 83.3 cm³/mol. The summed E-state index contributed by atoms with van der Waals surface area (Å²) in [6, 6.07) is 5.83. The van der Waals surface area contributed by atoms with Crippen molar-refractivity contribution in [3.05, 3.63) is 34.9 Å². The van der Waals surface area contributed by atoms with Crippen LogP contribution in [0.25, 0.3) is 0 Å². The third-order valence-corrected chi connectivity index (χ3v) is 4.20. The number of nitrogens with zero attached hydrogens (tertiary/aromatic N) is 1. The highest BCUT2D eigenvalue weighted by atomic mass is 16.2. The second-order valence-corrected chi connectivity index (χ2v) is 6.03. The quantitative estimate of drug-likeness (QED) is 0.819. The summed E-state index contributed by atoms with van der Waals surface area (Å²) in [5, 5.41) is 2.12. The molecule has 1 atom stereocenters. The Morgan fingerprint density at radius 1 is 1.36 bits per heavy atom. The molecule has 1 heterocycles. The molecule has 0 saturated heterocycles. The molecule has 0 spiro atoms. The molecule has 22 heavy (non-hydrogen) atoms. The molecule has 0 radical (unpaired) electrons. The van der Waals surface area contributed by atoms with Gasteiger partial charge in [0.1, 0.15) is 0 Å². The van der Waals surface area contributed by atoms with Gasteiger partial charge in [-0.3, -0.25) is 19.7 Å². The molecule has 5 nitrogen and oxygen atoms in total. The minimum atomic E-state index is -0.311. The van der Waals surface area contributed by atoms with E-state index < -0.39 is 0 Å². The number of fused-ring (bicyclic) bond motifs is 1. The highest BCUT2D eigenvalue weighted by molar-refractivity contribution is 5.99. The fourth-order valence-corrected chi connectivity index (χ4v) is 2.91. The van der Waals surface area contributed by atoms with E-state index in [0.717, 1.165) is 11.1 Å². The Morgan fingerprint density at radius 3 is 2.73 bits per heavy atom. The van der Waals surface area contributed by atoms with Gasteiger partial charge >= 0.3 is 0 Å². The smallest absolute Gasteiger partial charge is 0.254 e. The van der Waals surface area contributed by atoms with Crippen molar-refractivity contribution in [1.82, 2.24) is 10.2 Å². The highest BCUT2D eigenvalue weighted by Crippen LogP contribution is 2.31. The molecule has 0 saturated carbocycles. The van der Waals surface area contributed by atoms with Crippen LogP contribution in [0.3, 0.4) is 0 Å². The van der Waals surface area contributed by atoms with Crippen LogP contribution in [0.2, 0.25) is 0 Å².